The Balaban J connectivity index is 1.22. The van der Waals surface area contributed by atoms with Crippen LogP contribution in [0.3, 0.4) is 0 Å². The summed E-state index contributed by atoms with van der Waals surface area (Å²) < 4.78 is 7.76. The maximum atomic E-state index is 12.8. The van der Waals surface area contributed by atoms with E-state index in [-0.39, 0.29) is 0 Å². The van der Waals surface area contributed by atoms with Gasteiger partial charge < -0.3 is 14.4 Å². The lowest BCUT2D eigenvalue weighted by Gasteiger charge is -2.41. The maximum Gasteiger partial charge on any atom is 0.416 e. The first-order valence-electron chi connectivity index (χ1n) is 11.4. The predicted molar refractivity (Wildman–Crippen MR) is 118 cm³/mol. The van der Waals surface area contributed by atoms with E-state index in [2.05, 4.69) is 21.0 Å². The largest absolute Gasteiger partial charge is 0.440 e. The molecule has 0 unspecified atom stereocenters. The van der Waals surface area contributed by atoms with E-state index in [0.717, 1.165) is 36.0 Å². The molecule has 1 aliphatic heterocycles. The molecule has 1 spiro atoms. The Morgan fingerprint density at radius 3 is 2.85 bits per heavy atom. The van der Waals surface area contributed by atoms with E-state index in [1.807, 2.05) is 10.6 Å². The minimum absolute atomic E-state index is 0.313. The maximum absolute atomic E-state index is 12.8. The average molecular weight is 444 g/mol. The lowest BCUT2D eigenvalue weighted by atomic mass is 9.75. The number of imidazole rings is 1. The van der Waals surface area contributed by atoms with E-state index < -0.39 is 17.3 Å². The van der Waals surface area contributed by atoms with Gasteiger partial charge in [-0.1, -0.05) is 0 Å². The van der Waals surface area contributed by atoms with Gasteiger partial charge in [-0.25, -0.2) is 14.8 Å². The van der Waals surface area contributed by atoms with Crippen molar-refractivity contribution in [2.45, 2.75) is 62.2 Å². The molecular formula is C24H24N6O3. The second-order valence-electron chi connectivity index (χ2n) is 9.65. The van der Waals surface area contributed by atoms with Gasteiger partial charge in [0.15, 0.2) is 5.82 Å². The summed E-state index contributed by atoms with van der Waals surface area (Å²) in [6.45, 7) is 0.655. The van der Waals surface area contributed by atoms with Crippen LogP contribution in [0.5, 0.6) is 0 Å². The minimum Gasteiger partial charge on any atom is -0.440 e. The van der Waals surface area contributed by atoms with Crippen molar-refractivity contribution >= 4 is 22.9 Å². The monoisotopic (exact) mass is 444 g/mol. The number of aromatic nitrogens is 4. The number of nitrogens with zero attached hydrogens (tertiary/aromatic N) is 6. The molecule has 3 heterocycles. The van der Waals surface area contributed by atoms with Crippen LogP contribution in [0.1, 0.15) is 55.7 Å². The van der Waals surface area contributed by atoms with Crippen LogP contribution in [0.4, 0.5) is 10.6 Å². The summed E-state index contributed by atoms with van der Waals surface area (Å²) in [7, 11) is 0. The molecule has 2 aliphatic carbocycles. The van der Waals surface area contributed by atoms with Gasteiger partial charge in [-0.3, -0.25) is 9.88 Å². The first-order valence-corrected chi connectivity index (χ1v) is 11.4. The van der Waals surface area contributed by atoms with Crippen molar-refractivity contribution in [3.05, 3.63) is 48.2 Å². The Bertz CT molecular complexity index is 1280. The first kappa shape index (κ1) is 20.1. The topological polar surface area (TPSA) is 117 Å². The number of carbonyl (C=O) groups is 1. The number of anilines is 1. The number of carbonyl (C=O) groups excluding carboxylic acids is 1. The minimum atomic E-state index is -1.06. The lowest BCUT2D eigenvalue weighted by Crippen LogP contribution is -2.50. The zero-order valence-electron chi connectivity index (χ0n) is 18.1. The van der Waals surface area contributed by atoms with E-state index in [1.165, 1.54) is 4.90 Å². The normalized spacial score (nSPS) is 27.2. The molecule has 9 nitrogen and oxygen atoms in total. The summed E-state index contributed by atoms with van der Waals surface area (Å²) >= 11 is 0. The highest BCUT2D eigenvalue weighted by atomic mass is 16.6. The van der Waals surface area contributed by atoms with E-state index >= 15 is 0 Å². The number of fused-ring (bicyclic) bond motifs is 1. The molecule has 1 N–H and O–H groups in total. The molecule has 2 aromatic heterocycles. The number of hydrogen-bond donors (Lipinski definition) is 1. The number of nitriles is 1. The van der Waals surface area contributed by atoms with E-state index in [9.17, 15) is 15.2 Å². The molecule has 168 valence electrons. The van der Waals surface area contributed by atoms with Crippen LogP contribution in [-0.4, -0.2) is 48.5 Å². The molecule has 2 atom stereocenters. The Hall–Kier alpha value is -3.51. The van der Waals surface area contributed by atoms with Gasteiger partial charge in [0.05, 0.1) is 65.8 Å². The SMILES string of the molecule is N#Cc1ccc2ncn(C[C@@]3(O)CCC[C@@]4(CN(c5cnc(C6CC6)cn5)C(=O)O4)C3)c2c1. The third kappa shape index (κ3) is 3.60. The smallest absolute Gasteiger partial charge is 0.416 e. The van der Waals surface area contributed by atoms with Crippen LogP contribution in [0.2, 0.25) is 0 Å². The fourth-order valence-corrected chi connectivity index (χ4v) is 5.30. The summed E-state index contributed by atoms with van der Waals surface area (Å²) in [6, 6.07) is 7.47. The van der Waals surface area contributed by atoms with Crippen LogP contribution < -0.4 is 4.90 Å². The highest BCUT2D eigenvalue weighted by molar-refractivity contribution is 5.89. The highest BCUT2D eigenvalue weighted by Gasteiger charge is 2.53. The van der Waals surface area contributed by atoms with Crippen molar-refractivity contribution in [3.8, 4) is 6.07 Å². The standard InChI is InChI=1S/C24H24N6O3/c25-9-16-2-5-18-20(8-16)29(15-28-18)13-23(32)6-1-7-24(12-23)14-30(22(31)33-24)21-11-26-19(10-27-21)17-3-4-17/h2,5,8,10-11,15,17,32H,1,3-4,6-7,12-14H2/t23-,24+/m1/s1. The van der Waals surface area contributed by atoms with E-state index in [0.29, 0.717) is 49.7 Å². The molecule has 0 bridgehead atoms. The molecule has 6 rings (SSSR count). The number of rotatable bonds is 4. The van der Waals surface area contributed by atoms with Crippen molar-refractivity contribution in [2.24, 2.45) is 0 Å². The van der Waals surface area contributed by atoms with Crippen molar-refractivity contribution < 1.29 is 14.6 Å². The Morgan fingerprint density at radius 2 is 2.09 bits per heavy atom. The summed E-state index contributed by atoms with van der Waals surface area (Å²) in [4.78, 5) is 27.6. The molecule has 3 fully saturated rings. The van der Waals surface area contributed by atoms with Gasteiger partial charge in [-0.2, -0.15) is 5.26 Å². The van der Waals surface area contributed by atoms with Gasteiger partial charge in [0.2, 0.25) is 0 Å². The molecule has 0 radical (unpaired) electrons. The first-order chi connectivity index (χ1) is 16.0. The van der Waals surface area contributed by atoms with Crippen LogP contribution >= 0.6 is 0 Å². The third-order valence-corrected chi connectivity index (χ3v) is 7.04. The predicted octanol–water partition coefficient (Wildman–Crippen LogP) is 3.28. The summed E-state index contributed by atoms with van der Waals surface area (Å²) in [5, 5.41) is 20.8. The molecule has 1 amide bonds. The molecule has 3 aliphatic rings. The number of aliphatic hydroxyl groups is 1. The third-order valence-electron chi connectivity index (χ3n) is 7.04. The molecule has 1 saturated heterocycles. The molecule has 1 aromatic carbocycles. The molecule has 3 aromatic rings. The van der Waals surface area contributed by atoms with Crippen molar-refractivity contribution in [1.29, 1.82) is 5.26 Å². The van der Waals surface area contributed by atoms with Gasteiger partial charge in [0.1, 0.15) is 5.60 Å². The number of ether oxygens (including phenoxy) is 1. The molecule has 9 heteroatoms. The average Bonchev–Trinajstić information content (AvgIpc) is 3.52. The molecular weight excluding hydrogens is 420 g/mol. The fourth-order valence-electron chi connectivity index (χ4n) is 5.30. The second-order valence-corrected chi connectivity index (χ2v) is 9.65. The van der Waals surface area contributed by atoms with Gasteiger partial charge in [-0.05, 0) is 50.3 Å². The Morgan fingerprint density at radius 1 is 1.21 bits per heavy atom. The second kappa shape index (κ2) is 7.25. The van der Waals surface area contributed by atoms with Gasteiger partial charge in [0, 0.05) is 12.3 Å². The van der Waals surface area contributed by atoms with Gasteiger partial charge in [-0.15, -0.1) is 0 Å². The molecule has 2 saturated carbocycles. The Kier molecular flexibility index (Phi) is 4.42. The summed E-state index contributed by atoms with van der Waals surface area (Å²) in [5.74, 6) is 0.986. The van der Waals surface area contributed by atoms with Crippen LogP contribution in [0, 0.1) is 11.3 Å². The van der Waals surface area contributed by atoms with Crippen molar-refractivity contribution in [2.75, 3.05) is 11.4 Å². The van der Waals surface area contributed by atoms with Crippen LogP contribution in [-0.2, 0) is 11.3 Å². The highest BCUT2D eigenvalue weighted by Crippen LogP contribution is 2.44. The quantitative estimate of drug-likeness (QED) is 0.656. The zero-order valence-corrected chi connectivity index (χ0v) is 18.1. The zero-order chi connectivity index (χ0) is 22.6. The van der Waals surface area contributed by atoms with E-state index in [1.54, 1.807) is 30.9 Å². The van der Waals surface area contributed by atoms with Crippen molar-refractivity contribution in [1.82, 2.24) is 19.5 Å². The van der Waals surface area contributed by atoms with Crippen molar-refractivity contribution in [3.63, 3.8) is 0 Å². The summed E-state index contributed by atoms with van der Waals surface area (Å²) in [6.07, 6.45) is 9.28. The number of hydrogen-bond acceptors (Lipinski definition) is 7. The summed E-state index contributed by atoms with van der Waals surface area (Å²) in [5.41, 5.74) is 1.26. The molecule has 33 heavy (non-hydrogen) atoms. The number of benzene rings is 1. The van der Waals surface area contributed by atoms with E-state index in [4.69, 9.17) is 4.74 Å². The van der Waals surface area contributed by atoms with Crippen LogP contribution in [0.25, 0.3) is 11.0 Å². The lowest BCUT2D eigenvalue weighted by molar-refractivity contribution is -0.0917. The number of amides is 1. The Labute approximate surface area is 190 Å². The van der Waals surface area contributed by atoms with Gasteiger partial charge >= 0.3 is 6.09 Å². The van der Waals surface area contributed by atoms with Crippen LogP contribution in [0.15, 0.2) is 36.9 Å². The fraction of sp³-hybridized carbons (Fsp3) is 0.458. The van der Waals surface area contributed by atoms with Gasteiger partial charge in [0.25, 0.3) is 0 Å².